The first-order valence-electron chi connectivity index (χ1n) is 10.4. The summed E-state index contributed by atoms with van der Waals surface area (Å²) in [5.74, 6) is 0.698. The summed E-state index contributed by atoms with van der Waals surface area (Å²) in [7, 11) is 1.68. The third-order valence-electron chi connectivity index (χ3n) is 6.24. The van der Waals surface area contributed by atoms with Crippen LogP contribution in [0.1, 0.15) is 51.6 Å². The van der Waals surface area contributed by atoms with E-state index in [0.29, 0.717) is 11.3 Å². The van der Waals surface area contributed by atoms with Gasteiger partial charge in [0.25, 0.3) is 5.91 Å². The number of H-pyrrole nitrogens is 1. The topological polar surface area (TPSA) is 97.7 Å². The number of carbonyl (C=O) groups excluding carboxylic acids is 1. The van der Waals surface area contributed by atoms with Crippen molar-refractivity contribution in [1.82, 2.24) is 30.5 Å². The molecule has 5 rings (SSSR count). The predicted octanol–water partition coefficient (Wildman–Crippen LogP) is 3.58. The number of rotatable bonds is 4. The normalized spacial score (nSPS) is 15.6. The molecule has 0 fully saturated rings. The van der Waals surface area contributed by atoms with Crippen LogP contribution in [0.2, 0.25) is 0 Å². The summed E-state index contributed by atoms with van der Waals surface area (Å²) in [5, 5.41) is 15.9. The molecule has 0 bridgehead atoms. The predicted molar refractivity (Wildman–Crippen MR) is 117 cm³/mol. The molecular weight excluding hydrogens is 392 g/mol. The first kappa shape index (κ1) is 19.3. The van der Waals surface area contributed by atoms with Crippen LogP contribution < -0.4 is 10.1 Å². The number of carbonyl (C=O) groups is 1. The van der Waals surface area contributed by atoms with E-state index in [1.54, 1.807) is 11.8 Å². The van der Waals surface area contributed by atoms with Gasteiger partial charge in [0, 0.05) is 16.6 Å². The van der Waals surface area contributed by atoms with Crippen molar-refractivity contribution in [2.45, 2.75) is 39.2 Å². The number of fused-ring (bicyclic) bond motifs is 3. The molecular formula is C23H24N6O2. The Balaban J connectivity index is 1.51. The molecule has 1 amide bonds. The minimum Gasteiger partial charge on any atom is -0.497 e. The molecule has 2 heterocycles. The molecule has 2 aromatic heterocycles. The smallest absolute Gasteiger partial charge is 0.254 e. The van der Waals surface area contributed by atoms with Gasteiger partial charge in [-0.25, -0.2) is 0 Å². The highest BCUT2D eigenvalue weighted by Gasteiger charge is 2.27. The molecule has 0 radical (unpaired) electrons. The maximum atomic E-state index is 13.4. The van der Waals surface area contributed by atoms with Gasteiger partial charge in [0.05, 0.1) is 24.4 Å². The van der Waals surface area contributed by atoms with Gasteiger partial charge in [0.15, 0.2) is 0 Å². The van der Waals surface area contributed by atoms with Gasteiger partial charge < -0.3 is 15.0 Å². The summed E-state index contributed by atoms with van der Waals surface area (Å²) in [5.41, 5.74) is 6.71. The second kappa shape index (κ2) is 7.54. The van der Waals surface area contributed by atoms with Crippen molar-refractivity contribution < 1.29 is 9.53 Å². The minimum atomic E-state index is -0.136. The molecule has 0 aliphatic heterocycles. The summed E-state index contributed by atoms with van der Waals surface area (Å²) in [6.07, 6.45) is 4.39. The van der Waals surface area contributed by atoms with Gasteiger partial charge in [0.1, 0.15) is 12.1 Å². The molecule has 31 heavy (non-hydrogen) atoms. The molecule has 0 saturated heterocycles. The standard InChI is InChI=1S/C23H24N6O2/c1-13-7-9-17(22(14(13)2)29-12-24-27-28-29)23(30)26-20-6-4-5-16-18-11-15(31-3)8-10-19(18)25-21(16)20/h7-12,20,25H,4-6H2,1-3H3,(H,26,30)/t20-/m0/s1. The number of benzene rings is 2. The van der Waals surface area contributed by atoms with Gasteiger partial charge in [0.2, 0.25) is 0 Å². The molecule has 1 aliphatic carbocycles. The number of nitrogens with zero attached hydrogens (tertiary/aromatic N) is 4. The molecule has 2 N–H and O–H groups in total. The lowest BCUT2D eigenvalue weighted by Gasteiger charge is -2.24. The second-order valence-corrected chi connectivity index (χ2v) is 8.01. The Labute approximate surface area is 179 Å². The maximum absolute atomic E-state index is 13.4. The van der Waals surface area contributed by atoms with E-state index in [4.69, 9.17) is 4.74 Å². The zero-order valence-corrected chi connectivity index (χ0v) is 17.8. The van der Waals surface area contributed by atoms with E-state index in [-0.39, 0.29) is 11.9 Å². The molecule has 1 aliphatic rings. The van der Waals surface area contributed by atoms with Crippen molar-refractivity contribution in [3.05, 3.63) is 64.6 Å². The number of methoxy groups -OCH3 is 1. The van der Waals surface area contributed by atoms with Gasteiger partial charge in [-0.3, -0.25) is 4.79 Å². The van der Waals surface area contributed by atoms with Crippen LogP contribution in [-0.4, -0.2) is 38.2 Å². The number of aromatic amines is 1. The Morgan fingerprint density at radius 1 is 1.26 bits per heavy atom. The van der Waals surface area contributed by atoms with Crippen molar-refractivity contribution in [2.75, 3.05) is 7.11 Å². The Bertz CT molecular complexity index is 1280. The largest absolute Gasteiger partial charge is 0.497 e. The first-order chi connectivity index (χ1) is 15.1. The molecule has 2 aromatic carbocycles. The van der Waals surface area contributed by atoms with Crippen molar-refractivity contribution in [1.29, 1.82) is 0 Å². The van der Waals surface area contributed by atoms with E-state index in [9.17, 15) is 4.79 Å². The monoisotopic (exact) mass is 416 g/mol. The highest BCUT2D eigenvalue weighted by Crippen LogP contribution is 2.36. The average molecular weight is 416 g/mol. The number of aromatic nitrogens is 5. The molecule has 8 heteroatoms. The quantitative estimate of drug-likeness (QED) is 0.530. The Kier molecular flexibility index (Phi) is 4.69. The highest BCUT2D eigenvalue weighted by atomic mass is 16.5. The SMILES string of the molecule is COc1ccc2[nH]c3c(c2c1)CCC[C@@H]3NC(=O)c1ccc(C)c(C)c1-n1cnnn1. The second-order valence-electron chi connectivity index (χ2n) is 8.01. The Hall–Kier alpha value is -3.68. The number of tetrazole rings is 1. The van der Waals surface area contributed by atoms with Crippen LogP contribution in [0.15, 0.2) is 36.7 Å². The van der Waals surface area contributed by atoms with E-state index < -0.39 is 0 Å². The fourth-order valence-corrected chi connectivity index (χ4v) is 4.49. The van der Waals surface area contributed by atoms with Crippen LogP contribution >= 0.6 is 0 Å². The first-order valence-corrected chi connectivity index (χ1v) is 10.4. The highest BCUT2D eigenvalue weighted by molar-refractivity contribution is 5.99. The van der Waals surface area contributed by atoms with E-state index in [1.807, 2.05) is 38.1 Å². The molecule has 0 spiro atoms. The van der Waals surface area contributed by atoms with Crippen LogP contribution in [0.4, 0.5) is 0 Å². The van der Waals surface area contributed by atoms with Gasteiger partial charge in [-0.15, -0.1) is 5.10 Å². The summed E-state index contributed by atoms with van der Waals surface area (Å²) < 4.78 is 6.95. The zero-order chi connectivity index (χ0) is 21.5. The number of hydrogen-bond donors (Lipinski definition) is 2. The Morgan fingerprint density at radius 3 is 2.90 bits per heavy atom. The number of ether oxygens (including phenoxy) is 1. The third kappa shape index (κ3) is 3.24. The van der Waals surface area contributed by atoms with E-state index in [2.05, 4.69) is 31.9 Å². The third-order valence-corrected chi connectivity index (χ3v) is 6.24. The zero-order valence-electron chi connectivity index (χ0n) is 17.8. The van der Waals surface area contributed by atoms with Crippen LogP contribution in [0.5, 0.6) is 5.75 Å². The van der Waals surface area contributed by atoms with Gasteiger partial charge in [-0.2, -0.15) is 4.68 Å². The lowest BCUT2D eigenvalue weighted by Crippen LogP contribution is -2.32. The van der Waals surface area contributed by atoms with E-state index in [1.165, 1.54) is 11.9 Å². The van der Waals surface area contributed by atoms with Crippen molar-refractivity contribution in [2.24, 2.45) is 0 Å². The number of amides is 1. The van der Waals surface area contributed by atoms with Crippen molar-refractivity contribution in [3.63, 3.8) is 0 Å². The Morgan fingerprint density at radius 2 is 2.13 bits per heavy atom. The van der Waals surface area contributed by atoms with E-state index in [0.717, 1.165) is 52.7 Å². The maximum Gasteiger partial charge on any atom is 0.254 e. The molecule has 4 aromatic rings. The van der Waals surface area contributed by atoms with Gasteiger partial charge in [-0.1, -0.05) is 6.07 Å². The van der Waals surface area contributed by atoms with Crippen LogP contribution in [0.3, 0.4) is 0 Å². The van der Waals surface area contributed by atoms with Gasteiger partial charge >= 0.3 is 0 Å². The van der Waals surface area contributed by atoms with E-state index >= 15 is 0 Å². The summed E-state index contributed by atoms with van der Waals surface area (Å²) in [4.78, 5) is 16.9. The minimum absolute atomic E-state index is 0.0852. The fraction of sp³-hybridized carbons (Fsp3) is 0.304. The lowest BCUT2D eigenvalue weighted by molar-refractivity contribution is 0.0931. The van der Waals surface area contributed by atoms with Gasteiger partial charge in [-0.05, 0) is 84.5 Å². The molecule has 1 atom stereocenters. The lowest BCUT2D eigenvalue weighted by atomic mass is 9.91. The number of hydrogen-bond acceptors (Lipinski definition) is 5. The van der Waals surface area contributed by atoms with Crippen LogP contribution in [0, 0.1) is 13.8 Å². The summed E-state index contributed by atoms with van der Waals surface area (Å²) in [6.45, 7) is 3.99. The average Bonchev–Trinajstić information content (AvgIpc) is 3.43. The number of aryl methyl sites for hydroxylation is 2. The van der Waals surface area contributed by atoms with Crippen LogP contribution in [-0.2, 0) is 6.42 Å². The summed E-state index contributed by atoms with van der Waals surface area (Å²) in [6, 6.07) is 9.76. The fourth-order valence-electron chi connectivity index (χ4n) is 4.49. The number of nitrogens with one attached hydrogen (secondary N) is 2. The van der Waals surface area contributed by atoms with Crippen molar-refractivity contribution in [3.8, 4) is 11.4 Å². The van der Waals surface area contributed by atoms with Crippen LogP contribution in [0.25, 0.3) is 16.6 Å². The molecule has 158 valence electrons. The molecule has 0 saturated carbocycles. The van der Waals surface area contributed by atoms with Crippen molar-refractivity contribution >= 4 is 16.8 Å². The summed E-state index contributed by atoms with van der Waals surface area (Å²) >= 11 is 0. The molecule has 0 unspecified atom stereocenters. The molecule has 8 nitrogen and oxygen atoms in total.